The first-order valence-electron chi connectivity index (χ1n) is 6.98. The Balaban J connectivity index is 2.51. The van der Waals surface area contributed by atoms with E-state index in [0.717, 1.165) is 0 Å². The fourth-order valence-corrected chi connectivity index (χ4v) is 2.38. The molecule has 2 aromatic rings. The molecule has 0 unspecified atom stereocenters. The minimum absolute atomic E-state index is 0.129. The third kappa shape index (κ3) is 4.10. The molecule has 26 heavy (non-hydrogen) atoms. The molecule has 1 N–H and O–H groups in total. The van der Waals surface area contributed by atoms with Crippen molar-refractivity contribution < 1.29 is 18.1 Å². The molecule has 1 aromatic carbocycles. The molecule has 0 saturated carbocycles. The number of alkyl halides is 3. The van der Waals surface area contributed by atoms with E-state index in [1.165, 1.54) is 31.3 Å². The van der Waals surface area contributed by atoms with Crippen molar-refractivity contribution in [3.8, 4) is 6.07 Å². The fourth-order valence-electron chi connectivity index (χ4n) is 2.11. The topological polar surface area (TPSA) is 91.8 Å². The molecule has 134 valence electrons. The average molecular weight is 383 g/mol. The highest BCUT2D eigenvalue weighted by Crippen LogP contribution is 2.33. The van der Waals surface area contributed by atoms with Gasteiger partial charge in [-0.3, -0.25) is 15.1 Å². The Kier molecular flexibility index (Phi) is 5.47. The number of pyridine rings is 1. The maximum absolute atomic E-state index is 12.7. The highest BCUT2D eigenvalue weighted by atomic mass is 35.5. The second kappa shape index (κ2) is 7.41. The van der Waals surface area contributed by atoms with Crippen LogP contribution < -0.4 is 5.32 Å². The van der Waals surface area contributed by atoms with Crippen LogP contribution in [0.5, 0.6) is 0 Å². The van der Waals surface area contributed by atoms with Gasteiger partial charge in [-0.15, -0.1) is 0 Å². The van der Waals surface area contributed by atoms with E-state index in [2.05, 4.69) is 10.3 Å². The lowest BCUT2D eigenvalue weighted by Gasteiger charge is -2.09. The lowest BCUT2D eigenvalue weighted by Crippen LogP contribution is -2.06. The van der Waals surface area contributed by atoms with Crippen LogP contribution in [0.4, 0.5) is 24.5 Å². The predicted molar refractivity (Wildman–Crippen MR) is 90.4 cm³/mol. The van der Waals surface area contributed by atoms with Crippen molar-refractivity contribution in [1.29, 1.82) is 5.26 Å². The minimum atomic E-state index is -4.62. The fraction of sp³-hybridized carbons (Fsp3) is 0.125. The number of nitrogens with zero attached hydrogens (tertiary/aromatic N) is 3. The van der Waals surface area contributed by atoms with Gasteiger partial charge in [0.25, 0.3) is 5.69 Å². The maximum Gasteiger partial charge on any atom is 0.417 e. The molecule has 0 aliphatic rings. The Bertz CT molecular complexity index is 936. The van der Waals surface area contributed by atoms with Gasteiger partial charge in [0.05, 0.1) is 26.8 Å². The van der Waals surface area contributed by atoms with Crippen LogP contribution in [-0.2, 0) is 6.18 Å². The van der Waals surface area contributed by atoms with E-state index in [1.54, 1.807) is 6.07 Å². The van der Waals surface area contributed by atoms with Crippen LogP contribution in [-0.4, -0.2) is 17.0 Å². The number of nitrogens with one attached hydrogen (secondary N) is 1. The van der Waals surface area contributed by atoms with E-state index in [0.29, 0.717) is 17.8 Å². The highest BCUT2D eigenvalue weighted by molar-refractivity contribution is 6.32. The second-order valence-electron chi connectivity index (χ2n) is 5.01. The van der Waals surface area contributed by atoms with Crippen molar-refractivity contribution in [1.82, 2.24) is 4.98 Å². The van der Waals surface area contributed by atoms with Gasteiger partial charge in [0, 0.05) is 19.3 Å². The van der Waals surface area contributed by atoms with Gasteiger partial charge in [0.15, 0.2) is 0 Å². The van der Waals surface area contributed by atoms with Crippen LogP contribution in [0, 0.1) is 21.4 Å². The first-order valence-corrected chi connectivity index (χ1v) is 7.36. The molecule has 0 bridgehead atoms. The smallest absolute Gasteiger partial charge is 0.383 e. The molecular formula is C16H10ClF3N4O2. The van der Waals surface area contributed by atoms with Crippen LogP contribution in [0.2, 0.25) is 5.02 Å². The Labute approximate surface area is 150 Å². The molecule has 1 aromatic heterocycles. The molecule has 1 heterocycles. The number of hydrogen-bond donors (Lipinski definition) is 1. The van der Waals surface area contributed by atoms with Crippen LogP contribution in [0.1, 0.15) is 16.8 Å². The monoisotopic (exact) mass is 382 g/mol. The normalized spacial score (nSPS) is 11.8. The molecule has 0 atom stereocenters. The lowest BCUT2D eigenvalue weighted by atomic mass is 10.1. The number of hydrogen-bond acceptors (Lipinski definition) is 5. The molecular weight excluding hydrogens is 373 g/mol. The molecule has 0 fully saturated rings. The van der Waals surface area contributed by atoms with Crippen LogP contribution in [0.3, 0.4) is 0 Å². The number of nitriles is 1. The predicted octanol–water partition coefficient (Wildman–Crippen LogP) is 4.77. The van der Waals surface area contributed by atoms with Crippen LogP contribution in [0.15, 0.2) is 30.5 Å². The third-order valence-corrected chi connectivity index (χ3v) is 3.63. The number of rotatable bonds is 4. The average Bonchev–Trinajstić information content (AvgIpc) is 2.58. The van der Waals surface area contributed by atoms with Crippen molar-refractivity contribution >= 4 is 34.6 Å². The number of allylic oxidation sites excluding steroid dienone is 1. The van der Waals surface area contributed by atoms with E-state index in [9.17, 15) is 28.5 Å². The van der Waals surface area contributed by atoms with E-state index < -0.39 is 16.7 Å². The molecule has 10 heteroatoms. The lowest BCUT2D eigenvalue weighted by molar-refractivity contribution is -0.383. The Morgan fingerprint density at radius 3 is 2.62 bits per heavy atom. The molecule has 0 radical (unpaired) electrons. The first kappa shape index (κ1) is 19.2. The molecule has 0 spiro atoms. The van der Waals surface area contributed by atoms with Crippen molar-refractivity contribution in [3.05, 3.63) is 62.4 Å². The summed E-state index contributed by atoms with van der Waals surface area (Å²) in [6, 6.07) is 6.64. The molecule has 0 saturated heterocycles. The Hall–Kier alpha value is -3.12. The Morgan fingerprint density at radius 1 is 1.42 bits per heavy atom. The third-order valence-electron chi connectivity index (χ3n) is 3.34. The minimum Gasteiger partial charge on any atom is -0.383 e. The summed E-state index contributed by atoms with van der Waals surface area (Å²) in [6.45, 7) is 0. The highest BCUT2D eigenvalue weighted by Gasteiger charge is 2.31. The summed E-state index contributed by atoms with van der Waals surface area (Å²) in [5, 5.41) is 22.7. The van der Waals surface area contributed by atoms with Gasteiger partial charge in [0.1, 0.15) is 11.8 Å². The van der Waals surface area contributed by atoms with E-state index in [-0.39, 0.29) is 27.7 Å². The number of aromatic nitrogens is 1. The summed E-state index contributed by atoms with van der Waals surface area (Å²) in [5.41, 5.74) is -0.971. The van der Waals surface area contributed by atoms with Gasteiger partial charge in [-0.05, 0) is 23.8 Å². The Morgan fingerprint density at radius 2 is 2.12 bits per heavy atom. The van der Waals surface area contributed by atoms with Crippen LogP contribution >= 0.6 is 11.6 Å². The van der Waals surface area contributed by atoms with E-state index in [4.69, 9.17) is 11.6 Å². The summed E-state index contributed by atoms with van der Waals surface area (Å²) < 4.78 is 38.0. The zero-order valence-electron chi connectivity index (χ0n) is 13.1. The van der Waals surface area contributed by atoms with Crippen molar-refractivity contribution in [2.45, 2.75) is 6.18 Å². The van der Waals surface area contributed by atoms with E-state index >= 15 is 0 Å². The van der Waals surface area contributed by atoms with Crippen LogP contribution in [0.25, 0.3) is 11.6 Å². The van der Waals surface area contributed by atoms with Crippen molar-refractivity contribution in [3.63, 3.8) is 0 Å². The number of nitro groups is 1. The molecule has 0 amide bonds. The van der Waals surface area contributed by atoms with Gasteiger partial charge < -0.3 is 5.32 Å². The van der Waals surface area contributed by atoms with Gasteiger partial charge in [-0.1, -0.05) is 17.7 Å². The number of anilines is 1. The molecule has 2 rings (SSSR count). The standard InChI is InChI=1S/C16H10ClF3N4O2/c1-22-13-3-2-9(5-14(13)24(25)26)4-10(7-21)15-12(17)6-11(8-23-15)16(18,19)20/h2-6,8,22H,1H3/b10-4+. The summed E-state index contributed by atoms with van der Waals surface area (Å²) in [5.74, 6) is 0. The zero-order chi connectivity index (χ0) is 19.5. The molecule has 0 aliphatic heterocycles. The number of halogens is 4. The van der Waals surface area contributed by atoms with Crippen molar-refractivity contribution in [2.24, 2.45) is 0 Å². The summed E-state index contributed by atoms with van der Waals surface area (Å²) >= 11 is 5.83. The number of nitro benzene ring substituents is 1. The molecule has 0 aliphatic carbocycles. The second-order valence-corrected chi connectivity index (χ2v) is 5.41. The van der Waals surface area contributed by atoms with Gasteiger partial charge in [0.2, 0.25) is 0 Å². The zero-order valence-corrected chi connectivity index (χ0v) is 13.9. The van der Waals surface area contributed by atoms with Gasteiger partial charge in [-0.25, -0.2) is 0 Å². The van der Waals surface area contributed by atoms with Gasteiger partial charge in [-0.2, -0.15) is 18.4 Å². The quantitative estimate of drug-likeness (QED) is 0.467. The molecule has 6 nitrogen and oxygen atoms in total. The first-order chi connectivity index (χ1) is 12.2. The summed E-state index contributed by atoms with van der Waals surface area (Å²) in [6.07, 6.45) is -2.79. The van der Waals surface area contributed by atoms with Gasteiger partial charge >= 0.3 is 6.18 Å². The maximum atomic E-state index is 12.7. The number of benzene rings is 1. The summed E-state index contributed by atoms with van der Waals surface area (Å²) in [7, 11) is 1.52. The van der Waals surface area contributed by atoms with Crippen molar-refractivity contribution in [2.75, 3.05) is 12.4 Å². The summed E-state index contributed by atoms with van der Waals surface area (Å²) in [4.78, 5) is 14.1. The SMILES string of the molecule is CNc1ccc(/C=C(\C#N)c2ncc(C(F)(F)F)cc2Cl)cc1[N+](=O)[O-]. The van der Waals surface area contributed by atoms with E-state index in [1.807, 2.05) is 0 Å². The largest absolute Gasteiger partial charge is 0.417 e.